The number of hydrogen-bond donors (Lipinski definition) is 1. The van der Waals surface area contributed by atoms with E-state index < -0.39 is 0 Å². The summed E-state index contributed by atoms with van der Waals surface area (Å²) in [6.07, 6.45) is 4.40. The molecule has 0 aliphatic rings. The van der Waals surface area contributed by atoms with E-state index in [4.69, 9.17) is 0 Å². The summed E-state index contributed by atoms with van der Waals surface area (Å²) in [6, 6.07) is 0.393. The zero-order chi connectivity index (χ0) is 10.3. The molecule has 0 aliphatic heterocycles. The van der Waals surface area contributed by atoms with Crippen molar-refractivity contribution in [2.75, 3.05) is 13.1 Å². The molecule has 80 valence electrons. The SMILES string of the molecule is CCCC(C)[N+](O)(CCC)CCC. The molecule has 0 fully saturated rings. The summed E-state index contributed by atoms with van der Waals surface area (Å²) in [6.45, 7) is 10.4. The van der Waals surface area contributed by atoms with Gasteiger partial charge in [0.1, 0.15) is 19.1 Å². The molecular formula is C11H26NO+. The van der Waals surface area contributed by atoms with Crippen LogP contribution in [0.4, 0.5) is 0 Å². The van der Waals surface area contributed by atoms with E-state index in [-0.39, 0.29) is 4.65 Å². The first-order valence-corrected chi connectivity index (χ1v) is 5.70. The molecule has 0 radical (unpaired) electrons. The van der Waals surface area contributed by atoms with Gasteiger partial charge in [-0.1, -0.05) is 27.2 Å². The van der Waals surface area contributed by atoms with Crippen LogP contribution in [0, 0.1) is 0 Å². The van der Waals surface area contributed by atoms with Gasteiger partial charge >= 0.3 is 0 Å². The van der Waals surface area contributed by atoms with E-state index in [1.165, 1.54) is 0 Å². The first-order chi connectivity index (χ1) is 6.10. The maximum atomic E-state index is 10.3. The second kappa shape index (κ2) is 6.39. The van der Waals surface area contributed by atoms with Crippen LogP contribution in [0.5, 0.6) is 0 Å². The van der Waals surface area contributed by atoms with Crippen LogP contribution < -0.4 is 0 Å². The Bertz CT molecular complexity index is 119. The molecule has 0 amide bonds. The number of rotatable bonds is 7. The van der Waals surface area contributed by atoms with Gasteiger partial charge in [-0.3, -0.25) is 0 Å². The van der Waals surface area contributed by atoms with E-state index in [1.807, 2.05) is 0 Å². The Kier molecular flexibility index (Phi) is 6.35. The summed E-state index contributed by atoms with van der Waals surface area (Å²) in [5.74, 6) is 0. The Morgan fingerprint density at radius 3 is 1.77 bits per heavy atom. The largest absolute Gasteiger partial charge is 0.217 e. The molecule has 0 aliphatic carbocycles. The quantitative estimate of drug-likeness (QED) is 0.480. The zero-order valence-electron chi connectivity index (χ0n) is 9.71. The molecule has 13 heavy (non-hydrogen) atoms. The average Bonchev–Trinajstić information content (AvgIpc) is 2.05. The van der Waals surface area contributed by atoms with Crippen LogP contribution in [0.15, 0.2) is 0 Å². The van der Waals surface area contributed by atoms with Crippen molar-refractivity contribution < 1.29 is 9.85 Å². The van der Waals surface area contributed by atoms with E-state index in [9.17, 15) is 5.21 Å². The van der Waals surface area contributed by atoms with Crippen molar-refractivity contribution in [2.45, 2.75) is 59.4 Å². The molecule has 0 bridgehead atoms. The third-order valence-corrected chi connectivity index (χ3v) is 2.75. The van der Waals surface area contributed by atoms with Crippen molar-refractivity contribution in [2.24, 2.45) is 0 Å². The normalized spacial score (nSPS) is 14.5. The highest BCUT2D eigenvalue weighted by Crippen LogP contribution is 2.16. The van der Waals surface area contributed by atoms with Gasteiger partial charge in [0.25, 0.3) is 0 Å². The minimum atomic E-state index is 0.279. The van der Waals surface area contributed by atoms with Gasteiger partial charge in [0.05, 0.1) is 0 Å². The summed E-state index contributed by atoms with van der Waals surface area (Å²) in [5, 5.41) is 10.3. The molecule has 1 N–H and O–H groups in total. The van der Waals surface area contributed by atoms with Crippen LogP contribution in [-0.4, -0.2) is 29.0 Å². The molecule has 2 heteroatoms. The van der Waals surface area contributed by atoms with Crippen LogP contribution in [0.3, 0.4) is 0 Å². The fourth-order valence-corrected chi connectivity index (χ4v) is 1.99. The summed E-state index contributed by atoms with van der Waals surface area (Å²) >= 11 is 0. The Morgan fingerprint density at radius 1 is 1.00 bits per heavy atom. The molecule has 0 aromatic rings. The molecule has 0 aromatic heterocycles. The summed E-state index contributed by atoms with van der Waals surface area (Å²) in [4.78, 5) is 0. The minimum Gasteiger partial charge on any atom is -0.217 e. The van der Waals surface area contributed by atoms with Gasteiger partial charge in [0, 0.05) is 6.42 Å². The molecule has 1 unspecified atom stereocenters. The lowest BCUT2D eigenvalue weighted by molar-refractivity contribution is -1.12. The van der Waals surface area contributed by atoms with Crippen LogP contribution in [0.1, 0.15) is 53.4 Å². The first-order valence-electron chi connectivity index (χ1n) is 5.70. The monoisotopic (exact) mass is 188 g/mol. The molecule has 0 saturated heterocycles. The smallest absolute Gasteiger partial charge is 0.116 e. The molecule has 2 nitrogen and oxygen atoms in total. The van der Waals surface area contributed by atoms with Crippen molar-refractivity contribution in [1.29, 1.82) is 0 Å². The lowest BCUT2D eigenvalue weighted by atomic mass is 10.1. The topological polar surface area (TPSA) is 20.2 Å². The number of nitrogens with zero attached hydrogens (tertiary/aromatic N) is 1. The average molecular weight is 188 g/mol. The van der Waals surface area contributed by atoms with Crippen LogP contribution >= 0.6 is 0 Å². The Morgan fingerprint density at radius 2 is 1.46 bits per heavy atom. The molecular weight excluding hydrogens is 162 g/mol. The van der Waals surface area contributed by atoms with Gasteiger partial charge in [-0.15, -0.1) is 0 Å². The van der Waals surface area contributed by atoms with Gasteiger partial charge in [0.2, 0.25) is 0 Å². The van der Waals surface area contributed by atoms with Crippen LogP contribution in [0.2, 0.25) is 0 Å². The van der Waals surface area contributed by atoms with E-state index in [0.29, 0.717) is 6.04 Å². The summed E-state index contributed by atoms with van der Waals surface area (Å²) in [5.41, 5.74) is 0. The molecule has 0 spiro atoms. The Balaban J connectivity index is 4.18. The summed E-state index contributed by atoms with van der Waals surface area (Å²) < 4.78 is 0.279. The van der Waals surface area contributed by atoms with Crippen LogP contribution in [-0.2, 0) is 0 Å². The van der Waals surface area contributed by atoms with E-state index in [2.05, 4.69) is 27.7 Å². The predicted octanol–water partition coefficient (Wildman–Crippen LogP) is 3.20. The third kappa shape index (κ3) is 4.10. The number of quaternary nitrogens is 1. The second-order valence-electron chi connectivity index (χ2n) is 4.07. The van der Waals surface area contributed by atoms with Crippen molar-refractivity contribution in [1.82, 2.24) is 0 Å². The maximum Gasteiger partial charge on any atom is 0.116 e. The van der Waals surface area contributed by atoms with E-state index in [1.54, 1.807) is 0 Å². The molecule has 1 atom stereocenters. The summed E-state index contributed by atoms with van der Waals surface area (Å²) in [7, 11) is 0. The van der Waals surface area contributed by atoms with Crippen molar-refractivity contribution in [3.05, 3.63) is 0 Å². The maximum absolute atomic E-state index is 10.3. The number of hydrogen-bond acceptors (Lipinski definition) is 1. The lowest BCUT2D eigenvalue weighted by Crippen LogP contribution is -2.52. The minimum absolute atomic E-state index is 0.279. The molecule has 0 aromatic carbocycles. The third-order valence-electron chi connectivity index (χ3n) is 2.75. The van der Waals surface area contributed by atoms with Crippen molar-refractivity contribution >= 4 is 0 Å². The molecule has 0 saturated carbocycles. The second-order valence-corrected chi connectivity index (χ2v) is 4.07. The van der Waals surface area contributed by atoms with Crippen LogP contribution in [0.25, 0.3) is 0 Å². The number of hydroxylamine groups is 3. The highest BCUT2D eigenvalue weighted by atomic mass is 16.5. The van der Waals surface area contributed by atoms with Gasteiger partial charge < -0.3 is 0 Å². The fraction of sp³-hybridized carbons (Fsp3) is 1.00. The fourth-order valence-electron chi connectivity index (χ4n) is 1.99. The first kappa shape index (κ1) is 12.9. The predicted molar refractivity (Wildman–Crippen MR) is 56.7 cm³/mol. The highest BCUT2D eigenvalue weighted by molar-refractivity contribution is 4.49. The lowest BCUT2D eigenvalue weighted by Gasteiger charge is -2.35. The Hall–Kier alpha value is -0.0800. The van der Waals surface area contributed by atoms with Gasteiger partial charge in [-0.2, -0.15) is 4.65 Å². The van der Waals surface area contributed by atoms with Crippen molar-refractivity contribution in [3.63, 3.8) is 0 Å². The standard InChI is InChI=1S/C11H26NO/c1-5-8-11(4)12(13,9-6-2)10-7-3/h11,13H,5-10H2,1-4H3/q+1. The molecule has 0 heterocycles. The van der Waals surface area contributed by atoms with Gasteiger partial charge in [0.15, 0.2) is 0 Å². The molecule has 0 rings (SSSR count). The van der Waals surface area contributed by atoms with E-state index in [0.717, 1.165) is 38.8 Å². The van der Waals surface area contributed by atoms with Gasteiger partial charge in [-0.05, 0) is 19.8 Å². The van der Waals surface area contributed by atoms with Gasteiger partial charge in [-0.25, -0.2) is 5.21 Å². The van der Waals surface area contributed by atoms with Crippen molar-refractivity contribution in [3.8, 4) is 0 Å². The Labute approximate surface area is 83.1 Å². The zero-order valence-corrected chi connectivity index (χ0v) is 9.71. The highest BCUT2D eigenvalue weighted by Gasteiger charge is 2.30. The van der Waals surface area contributed by atoms with E-state index >= 15 is 0 Å².